The smallest absolute Gasteiger partial charge is 0.326 e. The van der Waals surface area contributed by atoms with Crippen molar-refractivity contribution in [2.45, 2.75) is 40.7 Å². The van der Waals surface area contributed by atoms with E-state index in [4.69, 9.17) is 9.47 Å². The van der Waals surface area contributed by atoms with E-state index in [9.17, 15) is 9.59 Å². The summed E-state index contributed by atoms with van der Waals surface area (Å²) >= 11 is 0. The van der Waals surface area contributed by atoms with E-state index in [1.807, 2.05) is 75.4 Å². The Morgan fingerprint density at radius 3 is 2.13 bits per heavy atom. The lowest BCUT2D eigenvalue weighted by atomic mass is 9.68. The minimum absolute atomic E-state index is 0.0229. The zero-order valence-corrected chi connectivity index (χ0v) is 18.4. The number of ether oxygens (including phenoxy) is 2. The fraction of sp³-hybridized carbons (Fsp3) is 0.440. The lowest BCUT2D eigenvalue weighted by Crippen LogP contribution is -2.56. The summed E-state index contributed by atoms with van der Waals surface area (Å²) in [4.78, 5) is 29.3. The highest BCUT2D eigenvalue weighted by atomic mass is 16.6. The Morgan fingerprint density at radius 2 is 1.60 bits per heavy atom. The van der Waals surface area contributed by atoms with E-state index in [0.717, 1.165) is 16.9 Å². The van der Waals surface area contributed by atoms with Gasteiger partial charge in [-0.1, -0.05) is 55.8 Å². The Bertz CT molecular complexity index is 861. The molecule has 0 amide bonds. The third-order valence-corrected chi connectivity index (χ3v) is 5.79. The quantitative estimate of drug-likeness (QED) is 0.509. The second-order valence-corrected chi connectivity index (χ2v) is 8.04. The summed E-state index contributed by atoms with van der Waals surface area (Å²) in [5, 5.41) is 0. The fourth-order valence-electron chi connectivity index (χ4n) is 4.68. The molecule has 30 heavy (non-hydrogen) atoms. The van der Waals surface area contributed by atoms with E-state index >= 15 is 0 Å². The third kappa shape index (κ3) is 3.47. The van der Waals surface area contributed by atoms with Crippen LogP contribution in [-0.4, -0.2) is 31.2 Å². The van der Waals surface area contributed by atoms with Crippen LogP contribution in [0.5, 0.6) is 0 Å². The van der Waals surface area contributed by atoms with Gasteiger partial charge >= 0.3 is 11.9 Å². The maximum atomic E-state index is 13.6. The molecule has 3 rings (SSSR count). The monoisotopic (exact) mass is 409 g/mol. The number of benzene rings is 1. The molecule has 0 bridgehead atoms. The number of hydrogen-bond donors (Lipinski definition) is 0. The van der Waals surface area contributed by atoms with Crippen LogP contribution in [0.15, 0.2) is 60.3 Å². The van der Waals surface area contributed by atoms with Crippen molar-refractivity contribution in [3.8, 4) is 0 Å². The van der Waals surface area contributed by atoms with Gasteiger partial charge in [0.1, 0.15) is 0 Å². The molecule has 0 unspecified atom stereocenters. The Hall–Kier alpha value is -2.82. The summed E-state index contributed by atoms with van der Waals surface area (Å²) in [6.45, 7) is 10.0. The molecule has 0 spiro atoms. The van der Waals surface area contributed by atoms with Gasteiger partial charge in [-0.25, -0.2) is 0 Å². The number of carbonyl (C=O) groups excluding carboxylic acids is 2. The van der Waals surface area contributed by atoms with Crippen LogP contribution in [0, 0.1) is 24.2 Å². The minimum atomic E-state index is -1.49. The number of fused-ring (bicyclic) bond motifs is 1. The molecule has 160 valence electrons. The molecule has 5 heteroatoms. The minimum Gasteiger partial charge on any atom is -0.465 e. The molecule has 5 nitrogen and oxygen atoms in total. The molecule has 2 aliphatic rings. The van der Waals surface area contributed by atoms with Crippen LogP contribution >= 0.6 is 0 Å². The molecular formula is C25H31NO4. The SMILES string of the molecule is CCOC(=O)C1(C(=O)OCC)[C@@H]2C=CC=CC=C2N(c2ccc(C)cc2)[C@H]1C(C)C. The summed E-state index contributed by atoms with van der Waals surface area (Å²) in [5.74, 6) is -1.57. The lowest BCUT2D eigenvalue weighted by Gasteiger charge is -2.38. The number of nitrogens with zero attached hydrogens (tertiary/aromatic N) is 1. The molecule has 1 fully saturated rings. The zero-order chi connectivity index (χ0) is 21.9. The normalized spacial score (nSPS) is 21.8. The first-order valence-electron chi connectivity index (χ1n) is 10.6. The van der Waals surface area contributed by atoms with Gasteiger partial charge in [0.2, 0.25) is 0 Å². The first-order valence-corrected chi connectivity index (χ1v) is 10.6. The molecule has 1 aromatic rings. The maximum Gasteiger partial charge on any atom is 0.326 e. The molecule has 0 N–H and O–H groups in total. The number of rotatable bonds is 6. The first kappa shape index (κ1) is 21.9. The molecule has 0 saturated carbocycles. The van der Waals surface area contributed by atoms with Crippen molar-refractivity contribution in [3.05, 3.63) is 65.9 Å². The summed E-state index contributed by atoms with van der Waals surface area (Å²) < 4.78 is 11.0. The van der Waals surface area contributed by atoms with Crippen LogP contribution in [0.3, 0.4) is 0 Å². The van der Waals surface area contributed by atoms with Gasteiger partial charge in [-0.2, -0.15) is 0 Å². The summed E-state index contributed by atoms with van der Waals surface area (Å²) in [5.41, 5.74) is 1.49. The molecule has 0 radical (unpaired) electrons. The van der Waals surface area contributed by atoms with Crippen LogP contribution in [0.1, 0.15) is 33.3 Å². The van der Waals surface area contributed by atoms with Crippen molar-refractivity contribution in [2.24, 2.45) is 17.3 Å². The average Bonchev–Trinajstić information content (AvgIpc) is 2.82. The Morgan fingerprint density at radius 1 is 1.00 bits per heavy atom. The van der Waals surface area contributed by atoms with Crippen molar-refractivity contribution in [2.75, 3.05) is 18.1 Å². The van der Waals surface area contributed by atoms with Crippen molar-refractivity contribution >= 4 is 17.6 Å². The van der Waals surface area contributed by atoms with Crippen molar-refractivity contribution in [1.82, 2.24) is 0 Å². The van der Waals surface area contributed by atoms with Crippen molar-refractivity contribution in [3.63, 3.8) is 0 Å². The van der Waals surface area contributed by atoms with Gasteiger partial charge in [0.05, 0.1) is 19.3 Å². The lowest BCUT2D eigenvalue weighted by molar-refractivity contribution is -0.175. The molecule has 2 atom stereocenters. The number of hydrogen-bond acceptors (Lipinski definition) is 5. The summed E-state index contributed by atoms with van der Waals surface area (Å²) in [7, 11) is 0. The number of carbonyl (C=O) groups is 2. The largest absolute Gasteiger partial charge is 0.465 e. The number of anilines is 1. The van der Waals surface area contributed by atoms with Gasteiger partial charge in [-0.15, -0.1) is 0 Å². The van der Waals surface area contributed by atoms with Gasteiger partial charge in [-0.05, 0) is 44.9 Å². The second kappa shape index (κ2) is 8.90. The van der Waals surface area contributed by atoms with Crippen molar-refractivity contribution < 1.29 is 19.1 Å². The van der Waals surface area contributed by atoms with Gasteiger partial charge in [0.15, 0.2) is 5.41 Å². The van der Waals surface area contributed by atoms with Crippen LogP contribution in [0.4, 0.5) is 5.69 Å². The number of esters is 2. The molecule has 1 aromatic carbocycles. The van der Waals surface area contributed by atoms with Gasteiger partial charge < -0.3 is 14.4 Å². The molecule has 0 aromatic heterocycles. The van der Waals surface area contributed by atoms with E-state index in [1.54, 1.807) is 13.8 Å². The van der Waals surface area contributed by atoms with Crippen LogP contribution in [-0.2, 0) is 19.1 Å². The average molecular weight is 410 g/mol. The number of aryl methyl sites for hydroxylation is 1. The molecule has 1 aliphatic heterocycles. The predicted molar refractivity (Wildman–Crippen MR) is 118 cm³/mol. The van der Waals surface area contributed by atoms with E-state index in [2.05, 4.69) is 4.90 Å². The van der Waals surface area contributed by atoms with Crippen LogP contribution in [0.2, 0.25) is 0 Å². The van der Waals surface area contributed by atoms with Gasteiger partial charge in [0.25, 0.3) is 0 Å². The fourth-order valence-corrected chi connectivity index (χ4v) is 4.68. The standard InChI is InChI=1S/C25H31NO4/c1-6-29-23(27)25(24(28)30-7-2)20-11-9-8-10-12-21(20)26(22(25)17(3)4)19-15-13-18(5)14-16-19/h8-17,20,22H,6-7H2,1-5H3/t20-,22+/m1/s1. The van der Waals surface area contributed by atoms with Crippen LogP contribution in [0.25, 0.3) is 0 Å². The topological polar surface area (TPSA) is 55.8 Å². The van der Waals surface area contributed by atoms with Crippen LogP contribution < -0.4 is 4.90 Å². The third-order valence-electron chi connectivity index (χ3n) is 5.79. The zero-order valence-electron chi connectivity index (χ0n) is 18.4. The van der Waals surface area contributed by atoms with E-state index in [1.165, 1.54) is 0 Å². The molecule has 1 saturated heterocycles. The van der Waals surface area contributed by atoms with Gasteiger partial charge in [-0.3, -0.25) is 9.59 Å². The summed E-state index contributed by atoms with van der Waals surface area (Å²) in [6.07, 6.45) is 9.64. The molecular weight excluding hydrogens is 378 g/mol. The van der Waals surface area contributed by atoms with Gasteiger partial charge in [0, 0.05) is 17.3 Å². The highest BCUT2D eigenvalue weighted by molar-refractivity contribution is 6.04. The Balaban J connectivity index is 2.31. The van der Waals surface area contributed by atoms with E-state index in [0.29, 0.717) is 0 Å². The second-order valence-electron chi connectivity index (χ2n) is 8.04. The first-order chi connectivity index (χ1) is 14.4. The Labute approximate surface area is 179 Å². The maximum absolute atomic E-state index is 13.6. The number of allylic oxidation sites excluding steroid dienone is 5. The highest BCUT2D eigenvalue weighted by Gasteiger charge is 2.68. The highest BCUT2D eigenvalue weighted by Crippen LogP contribution is 2.54. The molecule has 1 aliphatic carbocycles. The molecule has 1 heterocycles. The summed E-state index contributed by atoms with van der Waals surface area (Å²) in [6, 6.07) is 7.70. The van der Waals surface area contributed by atoms with E-state index in [-0.39, 0.29) is 19.1 Å². The van der Waals surface area contributed by atoms with Crippen molar-refractivity contribution in [1.29, 1.82) is 0 Å². The predicted octanol–water partition coefficient (Wildman–Crippen LogP) is 4.58. The Kier molecular flexibility index (Phi) is 6.49. The van der Waals surface area contributed by atoms with E-state index < -0.39 is 29.3 Å².